The van der Waals surface area contributed by atoms with E-state index < -0.39 is 28.5 Å². The Morgan fingerprint density at radius 3 is 2.07 bits per heavy atom. The summed E-state index contributed by atoms with van der Waals surface area (Å²) in [7, 11) is -4.23. The summed E-state index contributed by atoms with van der Waals surface area (Å²) in [4.78, 5) is 29.8. The number of rotatable bonds is 12. The van der Waals surface area contributed by atoms with Crippen LogP contribution in [0.3, 0.4) is 0 Å². The van der Waals surface area contributed by atoms with Crippen LogP contribution in [0.15, 0.2) is 102 Å². The van der Waals surface area contributed by atoms with Crippen molar-refractivity contribution in [3.63, 3.8) is 0 Å². The van der Waals surface area contributed by atoms with E-state index in [1.165, 1.54) is 17.0 Å². The van der Waals surface area contributed by atoms with E-state index in [4.69, 9.17) is 23.2 Å². The number of benzene rings is 4. The van der Waals surface area contributed by atoms with Crippen LogP contribution in [-0.4, -0.2) is 43.8 Å². The summed E-state index contributed by atoms with van der Waals surface area (Å²) in [6.45, 7) is 6.75. The van der Waals surface area contributed by atoms with E-state index in [0.717, 1.165) is 21.0 Å². The van der Waals surface area contributed by atoms with Crippen molar-refractivity contribution in [3.05, 3.63) is 129 Å². The minimum absolute atomic E-state index is 0.0305. The van der Waals surface area contributed by atoms with Crippen molar-refractivity contribution >= 4 is 50.7 Å². The van der Waals surface area contributed by atoms with E-state index >= 15 is 0 Å². The fourth-order valence-electron chi connectivity index (χ4n) is 4.94. The van der Waals surface area contributed by atoms with Gasteiger partial charge in [-0.05, 0) is 80.8 Å². The molecule has 4 rings (SSSR count). The first-order valence-electron chi connectivity index (χ1n) is 14.6. The van der Waals surface area contributed by atoms with Gasteiger partial charge in [0, 0.05) is 29.1 Å². The lowest BCUT2D eigenvalue weighted by molar-refractivity contribution is -0.140. The van der Waals surface area contributed by atoms with Crippen molar-refractivity contribution in [2.45, 2.75) is 57.6 Å². The van der Waals surface area contributed by atoms with Gasteiger partial charge in [-0.25, -0.2) is 8.42 Å². The molecule has 236 valence electrons. The molecule has 0 radical (unpaired) electrons. The number of amides is 2. The second kappa shape index (κ2) is 15.0. The largest absolute Gasteiger partial charge is 0.352 e. The molecule has 0 saturated heterocycles. The number of nitrogens with zero attached hydrogens (tertiary/aromatic N) is 2. The Morgan fingerprint density at radius 1 is 0.800 bits per heavy atom. The number of carbonyl (C=O) groups is 2. The second-order valence-electron chi connectivity index (χ2n) is 11.2. The number of sulfonamides is 1. The molecule has 0 saturated carbocycles. The van der Waals surface area contributed by atoms with Gasteiger partial charge in [0.2, 0.25) is 11.8 Å². The van der Waals surface area contributed by atoms with Crippen LogP contribution in [0, 0.1) is 13.8 Å². The molecule has 7 nitrogen and oxygen atoms in total. The molecule has 0 aliphatic rings. The molecule has 0 bridgehead atoms. The quantitative estimate of drug-likeness (QED) is 0.177. The highest BCUT2D eigenvalue weighted by Gasteiger charge is 2.35. The van der Waals surface area contributed by atoms with E-state index in [-0.39, 0.29) is 35.5 Å². The minimum Gasteiger partial charge on any atom is -0.352 e. The van der Waals surface area contributed by atoms with Crippen molar-refractivity contribution in [2.24, 2.45) is 0 Å². The first-order valence-corrected chi connectivity index (χ1v) is 16.8. The Labute approximate surface area is 275 Å². The van der Waals surface area contributed by atoms with Gasteiger partial charge >= 0.3 is 0 Å². The Balaban J connectivity index is 1.83. The number of aryl methyl sites for hydroxylation is 1. The Morgan fingerprint density at radius 2 is 1.44 bits per heavy atom. The van der Waals surface area contributed by atoms with Crippen LogP contribution in [-0.2, 0) is 32.6 Å². The predicted octanol–water partition coefficient (Wildman–Crippen LogP) is 6.97. The average molecular weight is 667 g/mol. The zero-order valence-electron chi connectivity index (χ0n) is 25.7. The monoisotopic (exact) mass is 665 g/mol. The summed E-state index contributed by atoms with van der Waals surface area (Å²) >= 11 is 12.6. The summed E-state index contributed by atoms with van der Waals surface area (Å²) in [6, 6.07) is 26.6. The molecule has 0 aliphatic heterocycles. The lowest BCUT2D eigenvalue weighted by Crippen LogP contribution is -2.54. The number of hydrogen-bond donors (Lipinski definition) is 1. The van der Waals surface area contributed by atoms with Crippen molar-refractivity contribution in [3.8, 4) is 0 Å². The summed E-state index contributed by atoms with van der Waals surface area (Å²) in [6.07, 6.45) is 0.222. The fourth-order valence-corrected chi connectivity index (χ4v) is 6.71. The van der Waals surface area contributed by atoms with Crippen LogP contribution in [0.4, 0.5) is 5.69 Å². The maximum atomic E-state index is 14.5. The lowest BCUT2D eigenvalue weighted by atomic mass is 10.0. The zero-order chi connectivity index (χ0) is 32.7. The molecule has 0 aliphatic carbocycles. The van der Waals surface area contributed by atoms with Gasteiger partial charge in [0.15, 0.2) is 0 Å². The average Bonchev–Trinajstić information content (AvgIpc) is 3.00. The zero-order valence-corrected chi connectivity index (χ0v) is 28.0. The molecule has 4 aromatic carbocycles. The van der Waals surface area contributed by atoms with Gasteiger partial charge in [0.1, 0.15) is 12.6 Å². The molecule has 10 heteroatoms. The first kappa shape index (κ1) is 34.0. The molecule has 2 amide bonds. The van der Waals surface area contributed by atoms with Gasteiger partial charge in [-0.15, -0.1) is 0 Å². The molecule has 0 spiro atoms. The van der Waals surface area contributed by atoms with Gasteiger partial charge in [-0.2, -0.15) is 0 Å². The van der Waals surface area contributed by atoms with Crippen LogP contribution >= 0.6 is 23.2 Å². The van der Waals surface area contributed by atoms with E-state index in [9.17, 15) is 18.0 Å². The van der Waals surface area contributed by atoms with Crippen molar-refractivity contribution < 1.29 is 18.0 Å². The van der Waals surface area contributed by atoms with Gasteiger partial charge in [0.05, 0.1) is 10.6 Å². The van der Waals surface area contributed by atoms with Gasteiger partial charge in [-0.1, -0.05) is 89.4 Å². The number of halogens is 2. The van der Waals surface area contributed by atoms with Crippen LogP contribution in [0.2, 0.25) is 10.0 Å². The predicted molar refractivity (Wildman–Crippen MR) is 181 cm³/mol. The van der Waals surface area contributed by atoms with Crippen LogP contribution < -0.4 is 9.62 Å². The summed E-state index contributed by atoms with van der Waals surface area (Å²) in [5, 5.41) is 3.84. The number of hydrogen-bond acceptors (Lipinski definition) is 4. The molecule has 45 heavy (non-hydrogen) atoms. The topological polar surface area (TPSA) is 86.8 Å². The third kappa shape index (κ3) is 8.66. The second-order valence-corrected chi connectivity index (χ2v) is 13.9. The molecule has 1 unspecified atom stereocenters. The maximum absolute atomic E-state index is 14.5. The Kier molecular flexibility index (Phi) is 11.3. The summed E-state index contributed by atoms with van der Waals surface area (Å²) in [5.41, 5.74) is 3.25. The van der Waals surface area contributed by atoms with Crippen molar-refractivity contribution in [1.29, 1.82) is 0 Å². The lowest BCUT2D eigenvalue weighted by Gasteiger charge is -2.34. The van der Waals surface area contributed by atoms with E-state index in [1.54, 1.807) is 61.5 Å². The molecule has 1 atom stereocenters. The standard InChI is InChI=1S/C35H37Cl2N3O4S/c1-24(2)38-35(42)33(21-27-9-6-5-7-10-27)39(22-28-15-17-29(36)18-16-28)34(41)23-40(32-12-8-11-31(37)26(32)4)45(43,44)30-19-13-25(3)14-20-30/h5-20,24,33H,21-23H2,1-4H3,(H,38,42). The molecule has 4 aromatic rings. The smallest absolute Gasteiger partial charge is 0.264 e. The maximum Gasteiger partial charge on any atom is 0.264 e. The highest BCUT2D eigenvalue weighted by atomic mass is 35.5. The Bertz CT molecular complexity index is 1730. The SMILES string of the molecule is Cc1ccc(S(=O)(=O)N(CC(=O)N(Cc2ccc(Cl)cc2)C(Cc2ccccc2)C(=O)NC(C)C)c2cccc(Cl)c2C)cc1. The highest BCUT2D eigenvalue weighted by Crippen LogP contribution is 2.31. The van der Waals surface area contributed by atoms with Gasteiger partial charge < -0.3 is 10.2 Å². The van der Waals surface area contributed by atoms with Crippen molar-refractivity contribution in [2.75, 3.05) is 10.8 Å². The third-order valence-electron chi connectivity index (χ3n) is 7.36. The van der Waals surface area contributed by atoms with Crippen LogP contribution in [0.5, 0.6) is 0 Å². The normalized spacial score (nSPS) is 12.1. The van der Waals surface area contributed by atoms with Gasteiger partial charge in [-0.3, -0.25) is 13.9 Å². The van der Waals surface area contributed by atoms with E-state index in [1.807, 2.05) is 51.1 Å². The molecule has 1 N–H and O–H groups in total. The molecule has 0 heterocycles. The fraction of sp³-hybridized carbons (Fsp3) is 0.257. The van der Waals surface area contributed by atoms with E-state index in [2.05, 4.69) is 5.32 Å². The van der Waals surface area contributed by atoms with Crippen molar-refractivity contribution in [1.82, 2.24) is 10.2 Å². The molecule has 0 fully saturated rings. The number of carbonyl (C=O) groups excluding carboxylic acids is 2. The van der Waals surface area contributed by atoms with E-state index in [0.29, 0.717) is 15.6 Å². The molecular formula is C35H37Cl2N3O4S. The summed E-state index contributed by atoms with van der Waals surface area (Å²) < 4.78 is 29.5. The van der Waals surface area contributed by atoms with Crippen LogP contribution in [0.1, 0.15) is 36.1 Å². The number of nitrogens with one attached hydrogen (secondary N) is 1. The van der Waals surface area contributed by atoms with Gasteiger partial charge in [0.25, 0.3) is 10.0 Å². The van der Waals surface area contributed by atoms with Crippen LogP contribution in [0.25, 0.3) is 0 Å². The minimum atomic E-state index is -4.23. The highest BCUT2D eigenvalue weighted by molar-refractivity contribution is 7.92. The number of anilines is 1. The first-order chi connectivity index (χ1) is 21.4. The Hall–Kier alpha value is -3.85. The summed E-state index contributed by atoms with van der Waals surface area (Å²) in [5.74, 6) is -0.900. The molecular weight excluding hydrogens is 629 g/mol. The molecule has 0 aromatic heterocycles. The third-order valence-corrected chi connectivity index (χ3v) is 9.80.